The van der Waals surface area contributed by atoms with E-state index in [2.05, 4.69) is 15.2 Å². The molecule has 1 fully saturated rings. The molecule has 0 aliphatic carbocycles. The van der Waals surface area contributed by atoms with Gasteiger partial charge in [0.25, 0.3) is 5.56 Å². The number of nitrogens with one attached hydrogen (secondary N) is 1. The van der Waals surface area contributed by atoms with Crippen molar-refractivity contribution in [3.63, 3.8) is 0 Å². The van der Waals surface area contributed by atoms with Crippen LogP contribution < -0.4 is 11.3 Å². The third kappa shape index (κ3) is 3.74. The normalized spacial score (nSPS) is 14.6. The molecule has 24 heavy (non-hydrogen) atoms. The van der Waals surface area contributed by atoms with E-state index in [1.54, 1.807) is 29.2 Å². The Balaban J connectivity index is 1.68. The number of para-hydroxylation sites is 1. The Morgan fingerprint density at radius 1 is 1.29 bits per heavy atom. The topological polar surface area (TPSA) is 114 Å². The summed E-state index contributed by atoms with van der Waals surface area (Å²) in [6.45, 7) is 2.29. The highest BCUT2D eigenvalue weighted by molar-refractivity contribution is 7.99. The second kappa shape index (κ2) is 7.45. The van der Waals surface area contributed by atoms with E-state index < -0.39 is 0 Å². The minimum absolute atomic E-state index is 0.0117. The van der Waals surface area contributed by atoms with Crippen LogP contribution in [0.5, 0.6) is 0 Å². The van der Waals surface area contributed by atoms with Crippen LogP contribution in [0.4, 0.5) is 5.69 Å². The van der Waals surface area contributed by atoms with Crippen molar-refractivity contribution in [1.29, 1.82) is 0 Å². The number of carbonyl (C=O) groups excluding carboxylic acids is 1. The van der Waals surface area contributed by atoms with Gasteiger partial charge in [0.1, 0.15) is 0 Å². The summed E-state index contributed by atoms with van der Waals surface area (Å²) < 4.78 is 5.21. The molecule has 0 saturated carbocycles. The molecule has 3 N–H and O–H groups in total. The maximum atomic E-state index is 12.2. The average molecular weight is 347 g/mol. The van der Waals surface area contributed by atoms with Gasteiger partial charge in [-0.2, -0.15) is 0 Å². The first-order chi connectivity index (χ1) is 11.6. The van der Waals surface area contributed by atoms with Gasteiger partial charge in [0.15, 0.2) is 10.9 Å². The molecule has 2 aromatic rings. The highest BCUT2D eigenvalue weighted by atomic mass is 32.2. The number of benzene rings is 1. The predicted octanol–water partition coefficient (Wildman–Crippen LogP) is 0.365. The van der Waals surface area contributed by atoms with Crippen LogP contribution in [0.1, 0.15) is 0 Å². The van der Waals surface area contributed by atoms with Gasteiger partial charge in [0.05, 0.1) is 19.0 Å². The number of aromatic amines is 1. The molecule has 9 heteroatoms. The van der Waals surface area contributed by atoms with Crippen LogP contribution in [-0.4, -0.2) is 58.0 Å². The zero-order valence-corrected chi connectivity index (χ0v) is 13.7. The van der Waals surface area contributed by atoms with E-state index in [9.17, 15) is 9.59 Å². The minimum Gasteiger partial charge on any atom is -0.398 e. The Bertz CT molecular complexity index is 789. The Morgan fingerprint density at radius 3 is 2.75 bits per heavy atom. The van der Waals surface area contributed by atoms with Gasteiger partial charge in [-0.1, -0.05) is 30.0 Å². The molecule has 0 unspecified atom stereocenters. The summed E-state index contributed by atoms with van der Waals surface area (Å²) in [4.78, 5) is 28.7. The smallest absolute Gasteiger partial charge is 0.278 e. The number of hydrogen-bond donors (Lipinski definition) is 2. The highest BCUT2D eigenvalue weighted by Crippen LogP contribution is 2.20. The van der Waals surface area contributed by atoms with E-state index in [-0.39, 0.29) is 22.9 Å². The van der Waals surface area contributed by atoms with Crippen LogP contribution >= 0.6 is 11.8 Å². The lowest BCUT2D eigenvalue weighted by Crippen LogP contribution is -2.41. The molecule has 3 rings (SSSR count). The number of thioether (sulfide) groups is 1. The van der Waals surface area contributed by atoms with Crippen molar-refractivity contribution >= 4 is 23.4 Å². The number of ether oxygens (including phenoxy) is 1. The molecule has 1 amide bonds. The molecule has 0 bridgehead atoms. The summed E-state index contributed by atoms with van der Waals surface area (Å²) >= 11 is 1.15. The molecule has 1 aromatic heterocycles. The fourth-order valence-electron chi connectivity index (χ4n) is 2.31. The highest BCUT2D eigenvalue weighted by Gasteiger charge is 2.18. The maximum absolute atomic E-state index is 12.2. The summed E-state index contributed by atoms with van der Waals surface area (Å²) in [7, 11) is 0. The number of nitrogens with two attached hydrogens (primary N) is 1. The van der Waals surface area contributed by atoms with Gasteiger partial charge in [-0.3, -0.25) is 14.6 Å². The van der Waals surface area contributed by atoms with Crippen molar-refractivity contribution in [3.05, 3.63) is 34.6 Å². The first-order valence-electron chi connectivity index (χ1n) is 7.45. The van der Waals surface area contributed by atoms with E-state index in [4.69, 9.17) is 10.5 Å². The first-order valence-corrected chi connectivity index (χ1v) is 8.44. The Morgan fingerprint density at radius 2 is 2.04 bits per heavy atom. The van der Waals surface area contributed by atoms with Gasteiger partial charge in [0, 0.05) is 24.3 Å². The van der Waals surface area contributed by atoms with Crippen LogP contribution in [0.25, 0.3) is 11.3 Å². The summed E-state index contributed by atoms with van der Waals surface area (Å²) in [6.07, 6.45) is 0. The molecule has 8 nitrogen and oxygen atoms in total. The van der Waals surface area contributed by atoms with Crippen LogP contribution in [0.3, 0.4) is 0 Å². The maximum Gasteiger partial charge on any atom is 0.278 e. The van der Waals surface area contributed by atoms with Crippen molar-refractivity contribution < 1.29 is 9.53 Å². The molecule has 1 saturated heterocycles. The van der Waals surface area contributed by atoms with Gasteiger partial charge < -0.3 is 15.4 Å². The van der Waals surface area contributed by atoms with Crippen molar-refractivity contribution in [1.82, 2.24) is 20.1 Å². The predicted molar refractivity (Wildman–Crippen MR) is 90.6 cm³/mol. The lowest BCUT2D eigenvalue weighted by atomic mass is 10.1. The van der Waals surface area contributed by atoms with Gasteiger partial charge in [-0.25, -0.2) is 0 Å². The fourth-order valence-corrected chi connectivity index (χ4v) is 3.02. The zero-order chi connectivity index (χ0) is 16.9. The number of carbonyl (C=O) groups is 1. The zero-order valence-electron chi connectivity index (χ0n) is 12.9. The van der Waals surface area contributed by atoms with Crippen LogP contribution in [0.2, 0.25) is 0 Å². The summed E-state index contributed by atoms with van der Waals surface area (Å²) in [5.41, 5.74) is 6.63. The van der Waals surface area contributed by atoms with Gasteiger partial charge in [-0.15, -0.1) is 10.2 Å². The lowest BCUT2D eigenvalue weighted by Gasteiger charge is -2.26. The summed E-state index contributed by atoms with van der Waals surface area (Å²) in [5.74, 6) is 0.180. The molecule has 0 atom stereocenters. The van der Waals surface area contributed by atoms with E-state index in [1.165, 1.54) is 0 Å². The van der Waals surface area contributed by atoms with Gasteiger partial charge >= 0.3 is 0 Å². The minimum atomic E-state index is -0.385. The standard InChI is InChI=1S/C15H17N5O3S/c16-11-4-2-1-3-10(11)13-14(22)17-15(19-18-13)24-9-12(21)20-5-7-23-8-6-20/h1-4H,5-9,16H2,(H,17,19,22). The molecule has 1 aliphatic heterocycles. The van der Waals surface area contributed by atoms with Crippen molar-refractivity contribution in [2.45, 2.75) is 5.16 Å². The van der Waals surface area contributed by atoms with E-state index in [1.807, 2.05) is 0 Å². The van der Waals surface area contributed by atoms with Gasteiger partial charge in [-0.05, 0) is 6.07 Å². The van der Waals surface area contributed by atoms with Crippen LogP contribution in [0, 0.1) is 0 Å². The molecule has 126 valence electrons. The average Bonchev–Trinajstić information content (AvgIpc) is 2.61. The number of anilines is 1. The Labute approximate surface area is 142 Å². The molecule has 0 spiro atoms. The number of rotatable bonds is 4. The first kappa shape index (κ1) is 16.5. The number of nitrogens with zero attached hydrogens (tertiary/aromatic N) is 3. The summed E-state index contributed by atoms with van der Waals surface area (Å²) in [6, 6.07) is 6.96. The monoisotopic (exact) mass is 347 g/mol. The molecule has 2 heterocycles. The quantitative estimate of drug-likeness (QED) is 0.606. The third-order valence-electron chi connectivity index (χ3n) is 3.59. The molecule has 1 aromatic carbocycles. The van der Waals surface area contributed by atoms with E-state index in [0.29, 0.717) is 42.7 Å². The van der Waals surface area contributed by atoms with Gasteiger partial charge in [0.2, 0.25) is 5.91 Å². The van der Waals surface area contributed by atoms with E-state index >= 15 is 0 Å². The van der Waals surface area contributed by atoms with Crippen LogP contribution in [0.15, 0.2) is 34.2 Å². The number of nitrogen functional groups attached to an aromatic ring is 1. The van der Waals surface area contributed by atoms with Crippen molar-refractivity contribution in [2.75, 3.05) is 37.8 Å². The molecular formula is C15H17N5O3S. The Kier molecular flexibility index (Phi) is 5.11. The molecular weight excluding hydrogens is 330 g/mol. The number of aromatic nitrogens is 3. The Hall–Kier alpha value is -2.39. The number of amides is 1. The second-order valence-electron chi connectivity index (χ2n) is 5.18. The SMILES string of the molecule is Nc1ccccc1-c1nnc(SCC(=O)N2CCOCC2)[nH]c1=O. The second-order valence-corrected chi connectivity index (χ2v) is 6.14. The third-order valence-corrected chi connectivity index (χ3v) is 4.44. The van der Waals surface area contributed by atoms with Crippen LogP contribution in [-0.2, 0) is 9.53 Å². The summed E-state index contributed by atoms with van der Waals surface area (Å²) in [5, 5.41) is 8.25. The molecule has 1 aliphatic rings. The fraction of sp³-hybridized carbons (Fsp3) is 0.333. The van der Waals surface area contributed by atoms with Crippen molar-refractivity contribution in [3.8, 4) is 11.3 Å². The largest absolute Gasteiger partial charge is 0.398 e. The van der Waals surface area contributed by atoms with E-state index in [0.717, 1.165) is 11.8 Å². The lowest BCUT2D eigenvalue weighted by molar-refractivity contribution is -0.132. The molecule has 0 radical (unpaired) electrons. The van der Waals surface area contributed by atoms with Crippen molar-refractivity contribution in [2.24, 2.45) is 0 Å². The number of hydrogen-bond acceptors (Lipinski definition) is 7. The number of morpholine rings is 1. The number of H-pyrrole nitrogens is 1.